The van der Waals surface area contributed by atoms with Crippen LogP contribution in [0.15, 0.2) is 36.1 Å². The Morgan fingerprint density at radius 3 is 2.68 bits per heavy atom. The number of aldehydes is 1. The summed E-state index contributed by atoms with van der Waals surface area (Å²) >= 11 is 0. The second-order valence-electron chi connectivity index (χ2n) is 8.62. The zero-order valence-electron chi connectivity index (χ0n) is 16.1. The molecule has 2 aliphatic carbocycles. The van der Waals surface area contributed by atoms with E-state index >= 15 is 0 Å². The minimum absolute atomic E-state index is 0.251. The fourth-order valence-corrected chi connectivity index (χ4v) is 5.33. The smallest absolute Gasteiger partial charge is 0.307 e. The van der Waals surface area contributed by atoms with Crippen molar-refractivity contribution in [2.24, 2.45) is 22.7 Å². The molecule has 138 valence electrons. The van der Waals surface area contributed by atoms with Gasteiger partial charge in [-0.1, -0.05) is 45.4 Å². The molecule has 0 N–H and O–H groups in total. The number of hydrogen-bond acceptors (Lipinski definition) is 3. The first-order valence-electron chi connectivity index (χ1n) is 9.37. The first-order valence-corrected chi connectivity index (χ1v) is 9.37. The quantitative estimate of drug-likeness (QED) is 0.168. The molecule has 0 aromatic carbocycles. The van der Waals surface area contributed by atoms with Crippen LogP contribution in [0.4, 0.5) is 0 Å². The van der Waals surface area contributed by atoms with Crippen LogP contribution in [-0.4, -0.2) is 12.3 Å². The van der Waals surface area contributed by atoms with Crippen LogP contribution in [0.1, 0.15) is 66.2 Å². The molecular formula is C22H32O3. The van der Waals surface area contributed by atoms with Gasteiger partial charge in [0.05, 0.1) is 6.26 Å². The molecule has 0 aromatic rings. The van der Waals surface area contributed by atoms with Crippen molar-refractivity contribution in [2.45, 2.75) is 66.2 Å². The summed E-state index contributed by atoms with van der Waals surface area (Å²) in [5.74, 6) is 0.721. The zero-order valence-corrected chi connectivity index (χ0v) is 16.1. The van der Waals surface area contributed by atoms with Gasteiger partial charge < -0.3 is 4.74 Å². The lowest BCUT2D eigenvalue weighted by atomic mass is 9.47. The third kappa shape index (κ3) is 4.31. The molecule has 0 spiro atoms. The predicted octanol–water partition coefficient (Wildman–Crippen LogP) is 5.38. The number of carbonyl (C=O) groups is 2. The van der Waals surface area contributed by atoms with Gasteiger partial charge in [0.15, 0.2) is 0 Å². The lowest BCUT2D eigenvalue weighted by molar-refractivity contribution is -0.135. The lowest BCUT2D eigenvalue weighted by Crippen LogP contribution is -2.49. The Morgan fingerprint density at radius 1 is 1.32 bits per heavy atom. The molecule has 3 nitrogen and oxygen atoms in total. The van der Waals surface area contributed by atoms with E-state index in [1.165, 1.54) is 44.4 Å². The van der Waals surface area contributed by atoms with Crippen molar-refractivity contribution in [2.75, 3.05) is 0 Å². The molecule has 0 aliphatic heterocycles. The minimum Gasteiger partial charge on any atom is -0.435 e. The molecule has 0 aromatic heterocycles. The highest BCUT2D eigenvalue weighted by molar-refractivity contribution is 5.77. The Bertz CT molecular complexity index is 596. The second-order valence-corrected chi connectivity index (χ2v) is 8.62. The van der Waals surface area contributed by atoms with Crippen LogP contribution in [0, 0.1) is 22.7 Å². The summed E-state index contributed by atoms with van der Waals surface area (Å²) in [6.45, 7) is 13.0. The number of esters is 1. The fraction of sp³-hybridized carbons (Fsp3) is 0.636. The number of fused-ring (bicyclic) bond motifs is 1. The average molecular weight is 344 g/mol. The van der Waals surface area contributed by atoms with Crippen LogP contribution >= 0.6 is 0 Å². The van der Waals surface area contributed by atoms with Crippen molar-refractivity contribution in [3.05, 3.63) is 36.1 Å². The molecule has 0 radical (unpaired) electrons. The number of rotatable bonds is 5. The summed E-state index contributed by atoms with van der Waals surface area (Å²) in [5.41, 5.74) is 2.50. The maximum atomic E-state index is 11.3. The summed E-state index contributed by atoms with van der Waals surface area (Å²) in [6.07, 6.45) is 12.6. The average Bonchev–Trinajstić information content (AvgIpc) is 2.51. The van der Waals surface area contributed by atoms with E-state index in [2.05, 4.69) is 27.4 Å². The molecular weight excluding hydrogens is 312 g/mol. The Kier molecular flexibility index (Phi) is 6.08. The van der Waals surface area contributed by atoms with Crippen LogP contribution in [0.3, 0.4) is 0 Å². The molecule has 2 saturated carbocycles. The molecule has 0 unspecified atom stereocenters. The summed E-state index contributed by atoms with van der Waals surface area (Å²) in [7, 11) is 0. The largest absolute Gasteiger partial charge is 0.435 e. The van der Waals surface area contributed by atoms with Crippen molar-refractivity contribution >= 4 is 12.3 Å². The van der Waals surface area contributed by atoms with E-state index in [1.54, 1.807) is 6.08 Å². The van der Waals surface area contributed by atoms with Gasteiger partial charge in [0.2, 0.25) is 0 Å². The molecule has 0 heterocycles. The molecule has 2 aliphatic rings. The summed E-state index contributed by atoms with van der Waals surface area (Å²) < 4.78 is 4.78. The molecule has 3 heteroatoms. The first-order chi connectivity index (χ1) is 11.7. The van der Waals surface area contributed by atoms with E-state index in [1.807, 2.05) is 6.08 Å². The standard InChI is InChI=1S/C22H32O3/c1-16-7-10-20-21(3,4)12-6-13-22(20,5)19(16)9-8-18(15-23)11-14-25-17(2)24/h8,11,14-15,19-20H,1,6-7,9-10,12-13H2,2-5H3/b14-11-,18-8+/t19-,20-,22+/m0/s1. The monoisotopic (exact) mass is 344 g/mol. The van der Waals surface area contributed by atoms with E-state index in [0.717, 1.165) is 19.1 Å². The van der Waals surface area contributed by atoms with Gasteiger partial charge in [-0.25, -0.2) is 0 Å². The van der Waals surface area contributed by atoms with Crippen molar-refractivity contribution in [1.29, 1.82) is 0 Å². The Morgan fingerprint density at radius 2 is 2.04 bits per heavy atom. The van der Waals surface area contributed by atoms with E-state index in [9.17, 15) is 9.59 Å². The number of ether oxygens (including phenoxy) is 1. The van der Waals surface area contributed by atoms with Gasteiger partial charge in [0, 0.05) is 12.5 Å². The van der Waals surface area contributed by atoms with Crippen molar-refractivity contribution in [3.63, 3.8) is 0 Å². The summed E-state index contributed by atoms with van der Waals surface area (Å²) in [4.78, 5) is 22.1. The van der Waals surface area contributed by atoms with Gasteiger partial charge in [-0.3, -0.25) is 9.59 Å². The molecule has 2 fully saturated rings. The molecule has 3 atom stereocenters. The van der Waals surface area contributed by atoms with Crippen LogP contribution in [0.25, 0.3) is 0 Å². The van der Waals surface area contributed by atoms with Gasteiger partial charge >= 0.3 is 5.97 Å². The second kappa shape index (κ2) is 7.72. The van der Waals surface area contributed by atoms with Gasteiger partial charge in [-0.2, -0.15) is 0 Å². The fourth-order valence-electron chi connectivity index (χ4n) is 5.33. The summed E-state index contributed by atoms with van der Waals surface area (Å²) in [5, 5.41) is 0. The van der Waals surface area contributed by atoms with Crippen molar-refractivity contribution in [3.8, 4) is 0 Å². The zero-order chi connectivity index (χ0) is 18.7. The number of allylic oxidation sites excluding steroid dienone is 4. The lowest BCUT2D eigenvalue weighted by Gasteiger charge is -2.58. The molecule has 25 heavy (non-hydrogen) atoms. The maximum Gasteiger partial charge on any atom is 0.307 e. The van der Waals surface area contributed by atoms with Crippen LogP contribution in [0.5, 0.6) is 0 Å². The van der Waals surface area contributed by atoms with E-state index in [4.69, 9.17) is 4.74 Å². The Labute approximate surface area is 152 Å². The van der Waals surface area contributed by atoms with Gasteiger partial charge in [0.1, 0.15) is 6.29 Å². The Hall–Kier alpha value is -1.64. The van der Waals surface area contributed by atoms with Gasteiger partial charge in [0.25, 0.3) is 0 Å². The molecule has 2 rings (SSSR count). The van der Waals surface area contributed by atoms with Crippen LogP contribution in [-0.2, 0) is 14.3 Å². The normalized spacial score (nSPS) is 32.3. The van der Waals surface area contributed by atoms with Gasteiger partial charge in [-0.05, 0) is 60.8 Å². The van der Waals surface area contributed by atoms with Crippen molar-refractivity contribution in [1.82, 2.24) is 0 Å². The number of carbonyl (C=O) groups excluding carboxylic acids is 2. The van der Waals surface area contributed by atoms with Crippen LogP contribution in [0.2, 0.25) is 0 Å². The maximum absolute atomic E-state index is 11.3. The van der Waals surface area contributed by atoms with Gasteiger partial charge in [-0.15, -0.1) is 0 Å². The third-order valence-corrected chi connectivity index (χ3v) is 6.54. The topological polar surface area (TPSA) is 43.4 Å². The van der Waals surface area contributed by atoms with E-state index in [-0.39, 0.29) is 11.4 Å². The van der Waals surface area contributed by atoms with Crippen LogP contribution < -0.4 is 0 Å². The highest BCUT2D eigenvalue weighted by Crippen LogP contribution is 2.61. The van der Waals surface area contributed by atoms with E-state index in [0.29, 0.717) is 22.8 Å². The van der Waals surface area contributed by atoms with E-state index < -0.39 is 0 Å². The number of hydrogen-bond donors (Lipinski definition) is 0. The molecule has 0 saturated heterocycles. The predicted molar refractivity (Wildman–Crippen MR) is 101 cm³/mol. The Balaban J connectivity index is 2.19. The highest BCUT2D eigenvalue weighted by Gasteiger charge is 2.52. The summed E-state index contributed by atoms with van der Waals surface area (Å²) in [6, 6.07) is 0. The molecule has 0 bridgehead atoms. The minimum atomic E-state index is -0.387. The SMILES string of the molecule is C=C1CC[C@H]2C(C)(C)CCC[C@]2(C)[C@H]1C/C=C(C=O)\C=C/OC(C)=O. The highest BCUT2D eigenvalue weighted by atomic mass is 16.5. The third-order valence-electron chi connectivity index (χ3n) is 6.54. The molecule has 0 amide bonds. The van der Waals surface area contributed by atoms with Crippen molar-refractivity contribution < 1.29 is 14.3 Å². The first kappa shape index (κ1) is 19.7.